The number of carbonyl (C=O) groups is 1. The quantitative estimate of drug-likeness (QED) is 0.455. The predicted molar refractivity (Wildman–Crippen MR) is 124 cm³/mol. The number of benzene rings is 3. The van der Waals surface area contributed by atoms with Gasteiger partial charge in [0.15, 0.2) is 5.82 Å². The molecule has 0 aliphatic heterocycles. The molecule has 1 heterocycles. The minimum Gasteiger partial charge on any atom is -0.497 e. The Kier molecular flexibility index (Phi) is 6.03. The van der Waals surface area contributed by atoms with Crippen LogP contribution in [-0.2, 0) is 0 Å². The van der Waals surface area contributed by atoms with Crippen LogP contribution in [0.5, 0.6) is 11.8 Å². The fourth-order valence-corrected chi connectivity index (χ4v) is 3.22. The number of urea groups is 1. The van der Waals surface area contributed by atoms with E-state index in [4.69, 9.17) is 9.47 Å². The van der Waals surface area contributed by atoms with E-state index in [1.54, 1.807) is 17.9 Å². The third-order valence-electron chi connectivity index (χ3n) is 4.84. The molecule has 0 bridgehead atoms. The molecular weight excluding hydrogens is 406 g/mol. The highest BCUT2D eigenvalue weighted by Crippen LogP contribution is 2.27. The molecule has 0 fully saturated rings. The number of nitrogens with one attached hydrogen (secondary N) is 2. The molecule has 0 saturated heterocycles. The number of nitrogens with zero attached hydrogens (tertiary/aromatic N) is 3. The average Bonchev–Trinajstić information content (AvgIpc) is 3.25. The Morgan fingerprint density at radius 1 is 0.906 bits per heavy atom. The van der Waals surface area contributed by atoms with Gasteiger partial charge in [0.2, 0.25) is 0 Å². The van der Waals surface area contributed by atoms with Crippen LogP contribution in [0.2, 0.25) is 0 Å². The maximum absolute atomic E-state index is 12.5. The van der Waals surface area contributed by atoms with Gasteiger partial charge in [-0.3, -0.25) is 0 Å². The van der Waals surface area contributed by atoms with Gasteiger partial charge in [0.1, 0.15) is 5.75 Å². The first-order chi connectivity index (χ1) is 15.6. The average molecular weight is 429 g/mol. The van der Waals surface area contributed by atoms with E-state index in [1.165, 1.54) is 7.11 Å². The van der Waals surface area contributed by atoms with Gasteiger partial charge >= 0.3 is 12.0 Å². The van der Waals surface area contributed by atoms with Crippen LogP contribution in [-0.4, -0.2) is 35.0 Å². The summed E-state index contributed by atoms with van der Waals surface area (Å²) >= 11 is 0. The Hall–Kier alpha value is -4.33. The highest BCUT2D eigenvalue weighted by molar-refractivity contribution is 6.00. The molecule has 8 heteroatoms. The van der Waals surface area contributed by atoms with Crippen LogP contribution in [0.4, 0.5) is 16.2 Å². The molecule has 3 aromatic carbocycles. The summed E-state index contributed by atoms with van der Waals surface area (Å²) in [5, 5.41) is 10.2. The summed E-state index contributed by atoms with van der Waals surface area (Å²) in [7, 11) is 3.13. The summed E-state index contributed by atoms with van der Waals surface area (Å²) in [5.41, 5.74) is 3.87. The Morgan fingerprint density at radius 2 is 1.72 bits per heavy atom. The lowest BCUT2D eigenvalue weighted by molar-refractivity contribution is 0.262. The normalized spacial score (nSPS) is 10.5. The first-order valence-electron chi connectivity index (χ1n) is 9.97. The van der Waals surface area contributed by atoms with Gasteiger partial charge in [-0.05, 0) is 48.9 Å². The Labute approximate surface area is 185 Å². The lowest BCUT2D eigenvalue weighted by Gasteiger charge is -2.11. The molecule has 4 aromatic rings. The van der Waals surface area contributed by atoms with Crippen molar-refractivity contribution in [1.82, 2.24) is 14.8 Å². The summed E-state index contributed by atoms with van der Waals surface area (Å²) in [6.45, 7) is 1.94. The summed E-state index contributed by atoms with van der Waals surface area (Å²) in [5.74, 6) is 1.29. The van der Waals surface area contributed by atoms with Gasteiger partial charge in [0, 0.05) is 16.9 Å². The Balaban J connectivity index is 1.62. The number of anilines is 2. The fraction of sp³-hybridized carbons (Fsp3) is 0.125. The predicted octanol–water partition coefficient (Wildman–Crippen LogP) is 4.90. The lowest BCUT2D eigenvalue weighted by Crippen LogP contribution is -2.20. The molecule has 1 aromatic heterocycles. The third-order valence-corrected chi connectivity index (χ3v) is 4.84. The second-order valence-electron chi connectivity index (χ2n) is 7.01. The zero-order valence-corrected chi connectivity index (χ0v) is 18.0. The number of hydrogen-bond acceptors (Lipinski definition) is 5. The fourth-order valence-electron chi connectivity index (χ4n) is 3.22. The number of carbonyl (C=O) groups excluding carboxylic acids is 1. The van der Waals surface area contributed by atoms with Crippen LogP contribution >= 0.6 is 0 Å². The molecule has 4 rings (SSSR count). The number of rotatable bonds is 6. The van der Waals surface area contributed by atoms with Crippen LogP contribution in [0.1, 0.15) is 5.56 Å². The SMILES string of the molecule is COc1cccc(-c2nc(OC)nn2-c2cccc(NC(=O)Nc3ccccc3C)c2)c1. The van der Waals surface area contributed by atoms with E-state index >= 15 is 0 Å². The van der Waals surface area contributed by atoms with E-state index in [0.717, 1.165) is 16.8 Å². The third kappa shape index (κ3) is 4.54. The number of amides is 2. The zero-order valence-electron chi connectivity index (χ0n) is 18.0. The van der Waals surface area contributed by atoms with Crippen LogP contribution in [0, 0.1) is 6.92 Å². The highest BCUT2D eigenvalue weighted by Gasteiger charge is 2.15. The van der Waals surface area contributed by atoms with E-state index < -0.39 is 0 Å². The van der Waals surface area contributed by atoms with Crippen molar-refractivity contribution >= 4 is 17.4 Å². The molecule has 0 saturated carbocycles. The van der Waals surface area contributed by atoms with Crippen molar-refractivity contribution in [2.75, 3.05) is 24.9 Å². The Bertz CT molecular complexity index is 1250. The van der Waals surface area contributed by atoms with Gasteiger partial charge in [0.25, 0.3) is 0 Å². The van der Waals surface area contributed by atoms with Gasteiger partial charge in [0.05, 0.1) is 19.9 Å². The standard InChI is InChI=1S/C24H23N5O3/c1-16-8-4-5-13-21(16)26-23(30)25-18-10-7-11-19(15-18)29-22(27-24(28-29)32-3)17-9-6-12-20(14-17)31-2/h4-15H,1-3H3,(H2,25,26,30). The van der Waals surface area contributed by atoms with Crippen LogP contribution < -0.4 is 20.1 Å². The smallest absolute Gasteiger partial charge is 0.336 e. The van der Waals surface area contributed by atoms with Gasteiger partial charge in [-0.15, -0.1) is 5.10 Å². The summed E-state index contributed by atoms with van der Waals surface area (Å²) in [6.07, 6.45) is 0. The van der Waals surface area contributed by atoms with Crippen LogP contribution in [0.15, 0.2) is 72.8 Å². The molecule has 0 aliphatic carbocycles. The van der Waals surface area contributed by atoms with Crippen LogP contribution in [0.25, 0.3) is 17.1 Å². The Morgan fingerprint density at radius 3 is 2.50 bits per heavy atom. The number of aromatic nitrogens is 3. The van der Waals surface area contributed by atoms with Crippen molar-refractivity contribution in [3.63, 3.8) is 0 Å². The van der Waals surface area contributed by atoms with E-state index in [1.807, 2.05) is 73.7 Å². The van der Waals surface area contributed by atoms with E-state index in [-0.39, 0.29) is 12.0 Å². The minimum atomic E-state index is -0.333. The molecule has 162 valence electrons. The molecule has 8 nitrogen and oxygen atoms in total. The molecule has 32 heavy (non-hydrogen) atoms. The van der Waals surface area contributed by atoms with Crippen molar-refractivity contribution in [2.45, 2.75) is 6.92 Å². The maximum atomic E-state index is 12.5. The maximum Gasteiger partial charge on any atom is 0.336 e. The monoisotopic (exact) mass is 429 g/mol. The molecule has 2 amide bonds. The second-order valence-corrected chi connectivity index (χ2v) is 7.01. The van der Waals surface area contributed by atoms with Gasteiger partial charge in [-0.1, -0.05) is 36.4 Å². The van der Waals surface area contributed by atoms with E-state index in [0.29, 0.717) is 22.9 Å². The minimum absolute atomic E-state index is 0.235. The number of methoxy groups -OCH3 is 2. The van der Waals surface area contributed by atoms with E-state index in [9.17, 15) is 4.79 Å². The van der Waals surface area contributed by atoms with Gasteiger partial charge in [-0.2, -0.15) is 4.98 Å². The lowest BCUT2D eigenvalue weighted by atomic mass is 10.2. The topological polar surface area (TPSA) is 90.3 Å². The zero-order chi connectivity index (χ0) is 22.5. The molecule has 0 radical (unpaired) electrons. The van der Waals surface area contributed by atoms with Crippen LogP contribution in [0.3, 0.4) is 0 Å². The number of ether oxygens (including phenoxy) is 2. The number of para-hydroxylation sites is 1. The van der Waals surface area contributed by atoms with Crippen molar-refractivity contribution in [1.29, 1.82) is 0 Å². The second kappa shape index (κ2) is 9.22. The largest absolute Gasteiger partial charge is 0.497 e. The van der Waals surface area contributed by atoms with Crippen molar-refractivity contribution < 1.29 is 14.3 Å². The first kappa shape index (κ1) is 20.9. The first-order valence-corrected chi connectivity index (χ1v) is 9.97. The van der Waals surface area contributed by atoms with Crippen molar-refractivity contribution in [3.8, 4) is 28.8 Å². The molecule has 2 N–H and O–H groups in total. The molecule has 0 unspecified atom stereocenters. The van der Waals surface area contributed by atoms with Crippen molar-refractivity contribution in [3.05, 3.63) is 78.4 Å². The summed E-state index contributed by atoms with van der Waals surface area (Å²) in [6, 6.07) is 22.4. The van der Waals surface area contributed by atoms with Crippen molar-refractivity contribution in [2.24, 2.45) is 0 Å². The molecule has 0 atom stereocenters. The molecular formula is C24H23N5O3. The van der Waals surface area contributed by atoms with Gasteiger partial charge in [-0.25, -0.2) is 9.48 Å². The molecule has 0 aliphatic rings. The van der Waals surface area contributed by atoms with E-state index in [2.05, 4.69) is 20.7 Å². The summed E-state index contributed by atoms with van der Waals surface area (Å²) < 4.78 is 12.3. The molecule has 0 spiro atoms. The number of hydrogen-bond donors (Lipinski definition) is 2. The number of aryl methyl sites for hydroxylation is 1. The summed E-state index contributed by atoms with van der Waals surface area (Å²) in [4.78, 5) is 17.0. The highest BCUT2D eigenvalue weighted by atomic mass is 16.5. The van der Waals surface area contributed by atoms with Gasteiger partial charge < -0.3 is 20.1 Å².